The fourth-order valence-electron chi connectivity index (χ4n) is 2.18. The van der Waals surface area contributed by atoms with Crippen molar-refractivity contribution in [2.75, 3.05) is 17.9 Å². The molecular formula is C16H14N2O4S. The summed E-state index contributed by atoms with van der Waals surface area (Å²) >= 11 is 0. The highest BCUT2D eigenvalue weighted by Gasteiger charge is 2.19. The van der Waals surface area contributed by atoms with E-state index >= 15 is 0 Å². The van der Waals surface area contributed by atoms with E-state index in [1.54, 1.807) is 30.3 Å². The van der Waals surface area contributed by atoms with Gasteiger partial charge in [0.2, 0.25) is 0 Å². The maximum absolute atomic E-state index is 12.5. The number of nitrogens with zero attached hydrogens (tertiary/aromatic N) is 1. The molecule has 1 aliphatic rings. The highest BCUT2D eigenvalue weighted by atomic mass is 32.2. The molecule has 0 aliphatic carbocycles. The van der Waals surface area contributed by atoms with E-state index < -0.39 is 10.0 Å². The van der Waals surface area contributed by atoms with Crippen molar-refractivity contribution in [1.29, 1.82) is 5.26 Å². The third kappa shape index (κ3) is 3.22. The molecule has 1 N–H and O–H groups in total. The van der Waals surface area contributed by atoms with Gasteiger partial charge in [0.05, 0.1) is 29.4 Å². The molecule has 3 rings (SSSR count). The van der Waals surface area contributed by atoms with Gasteiger partial charge in [-0.2, -0.15) is 5.26 Å². The van der Waals surface area contributed by atoms with Crippen molar-refractivity contribution in [3.05, 3.63) is 48.0 Å². The fraction of sp³-hybridized carbons (Fsp3) is 0.188. The lowest BCUT2D eigenvalue weighted by atomic mass is 10.2. The van der Waals surface area contributed by atoms with E-state index in [1.807, 2.05) is 6.07 Å². The lowest BCUT2D eigenvalue weighted by Crippen LogP contribution is -2.14. The van der Waals surface area contributed by atoms with Gasteiger partial charge in [0.25, 0.3) is 10.0 Å². The van der Waals surface area contributed by atoms with Crippen LogP contribution in [0.2, 0.25) is 0 Å². The molecule has 1 heterocycles. The van der Waals surface area contributed by atoms with Crippen molar-refractivity contribution < 1.29 is 17.9 Å². The molecule has 118 valence electrons. The van der Waals surface area contributed by atoms with Crippen molar-refractivity contribution in [2.24, 2.45) is 0 Å². The van der Waals surface area contributed by atoms with Crippen LogP contribution in [0.15, 0.2) is 47.4 Å². The van der Waals surface area contributed by atoms with Crippen LogP contribution in [0.4, 0.5) is 5.69 Å². The Morgan fingerprint density at radius 2 is 1.78 bits per heavy atom. The Morgan fingerprint density at radius 3 is 2.57 bits per heavy atom. The molecule has 2 aromatic rings. The number of para-hydroxylation sites is 1. The number of ether oxygens (including phenoxy) is 2. The Bertz CT molecular complexity index is 872. The van der Waals surface area contributed by atoms with Crippen molar-refractivity contribution in [3.63, 3.8) is 0 Å². The standard InChI is InChI=1S/C16H14N2O4S/c17-11-12-4-1-2-5-14(12)18-23(19,20)13-6-7-15-16(10-13)22-9-3-8-21-15/h1-2,4-7,10,18H,3,8-9H2. The van der Waals surface area contributed by atoms with E-state index in [0.717, 1.165) is 6.42 Å². The molecule has 0 saturated heterocycles. The zero-order valence-corrected chi connectivity index (χ0v) is 13.0. The minimum Gasteiger partial charge on any atom is -0.490 e. The first-order chi connectivity index (χ1) is 11.1. The quantitative estimate of drug-likeness (QED) is 0.934. The summed E-state index contributed by atoms with van der Waals surface area (Å²) in [5, 5.41) is 9.05. The molecule has 0 saturated carbocycles. The van der Waals surface area contributed by atoms with Crippen LogP contribution in [0.3, 0.4) is 0 Å². The van der Waals surface area contributed by atoms with E-state index in [2.05, 4.69) is 4.72 Å². The highest BCUT2D eigenvalue weighted by molar-refractivity contribution is 7.92. The molecule has 23 heavy (non-hydrogen) atoms. The number of hydrogen-bond donors (Lipinski definition) is 1. The first kappa shape index (κ1) is 15.2. The second-order valence-electron chi connectivity index (χ2n) is 4.92. The summed E-state index contributed by atoms with van der Waals surface area (Å²) < 4.78 is 38.5. The highest BCUT2D eigenvalue weighted by Crippen LogP contribution is 2.32. The molecule has 0 radical (unpaired) electrons. The minimum atomic E-state index is -3.83. The third-order valence-corrected chi connectivity index (χ3v) is 4.68. The largest absolute Gasteiger partial charge is 0.490 e. The van der Waals surface area contributed by atoms with Crippen molar-refractivity contribution in [2.45, 2.75) is 11.3 Å². The molecule has 0 atom stereocenters. The lowest BCUT2D eigenvalue weighted by Gasteiger charge is -2.12. The summed E-state index contributed by atoms with van der Waals surface area (Å²) in [5.41, 5.74) is 0.493. The first-order valence-electron chi connectivity index (χ1n) is 7.02. The monoisotopic (exact) mass is 330 g/mol. The van der Waals surface area contributed by atoms with Gasteiger partial charge < -0.3 is 9.47 Å². The molecular weight excluding hydrogens is 316 g/mol. The van der Waals surface area contributed by atoms with Gasteiger partial charge in [-0.1, -0.05) is 12.1 Å². The average molecular weight is 330 g/mol. The number of benzene rings is 2. The molecule has 1 aliphatic heterocycles. The fourth-order valence-corrected chi connectivity index (χ4v) is 3.28. The maximum atomic E-state index is 12.5. The van der Waals surface area contributed by atoms with Crippen LogP contribution >= 0.6 is 0 Å². The lowest BCUT2D eigenvalue weighted by molar-refractivity contribution is 0.297. The second-order valence-corrected chi connectivity index (χ2v) is 6.60. The smallest absolute Gasteiger partial charge is 0.262 e. The van der Waals surface area contributed by atoms with Gasteiger partial charge in [-0.3, -0.25) is 4.72 Å². The van der Waals surface area contributed by atoms with E-state index in [4.69, 9.17) is 14.7 Å². The van der Waals surface area contributed by atoms with Gasteiger partial charge in [-0.25, -0.2) is 8.42 Å². The normalized spacial score (nSPS) is 13.7. The molecule has 0 unspecified atom stereocenters. The molecule has 0 amide bonds. The second kappa shape index (κ2) is 6.18. The maximum Gasteiger partial charge on any atom is 0.262 e. The molecule has 0 fully saturated rings. The first-order valence-corrected chi connectivity index (χ1v) is 8.50. The van der Waals surface area contributed by atoms with Crippen LogP contribution in [0.5, 0.6) is 11.5 Å². The van der Waals surface area contributed by atoms with Crippen molar-refractivity contribution in [3.8, 4) is 17.6 Å². The van der Waals surface area contributed by atoms with Crippen molar-refractivity contribution >= 4 is 15.7 Å². The summed E-state index contributed by atoms with van der Waals surface area (Å²) in [5.74, 6) is 0.929. The molecule has 0 bridgehead atoms. The topological polar surface area (TPSA) is 88.4 Å². The molecule has 2 aromatic carbocycles. The number of nitrogens with one attached hydrogen (secondary N) is 1. The van der Waals surface area contributed by atoms with Gasteiger partial charge >= 0.3 is 0 Å². The summed E-state index contributed by atoms with van der Waals surface area (Å²) in [6.07, 6.45) is 0.741. The number of fused-ring (bicyclic) bond motifs is 1. The van der Waals surface area contributed by atoms with E-state index in [0.29, 0.717) is 24.7 Å². The Hall–Kier alpha value is -2.72. The molecule has 7 heteroatoms. The van der Waals surface area contributed by atoms with E-state index in [-0.39, 0.29) is 16.1 Å². The summed E-state index contributed by atoms with van der Waals surface area (Å²) in [6.45, 7) is 1.01. The Balaban J connectivity index is 1.94. The van der Waals surface area contributed by atoms with Crippen molar-refractivity contribution in [1.82, 2.24) is 0 Å². The Labute approximate surface area is 134 Å². The van der Waals surface area contributed by atoms with E-state index in [1.165, 1.54) is 12.1 Å². The Morgan fingerprint density at radius 1 is 1.04 bits per heavy atom. The molecule has 6 nitrogen and oxygen atoms in total. The number of anilines is 1. The average Bonchev–Trinajstić information content (AvgIpc) is 2.79. The number of rotatable bonds is 3. The summed E-state index contributed by atoms with van der Waals surface area (Å²) in [4.78, 5) is 0.0505. The van der Waals surface area contributed by atoms with Crippen LogP contribution in [0.25, 0.3) is 0 Å². The predicted octanol–water partition coefficient (Wildman–Crippen LogP) is 2.52. The zero-order chi connectivity index (χ0) is 16.3. The van der Waals surface area contributed by atoms with Crippen LogP contribution in [0.1, 0.15) is 12.0 Å². The number of nitriles is 1. The number of hydrogen-bond acceptors (Lipinski definition) is 5. The minimum absolute atomic E-state index is 0.0505. The predicted molar refractivity (Wildman–Crippen MR) is 84.0 cm³/mol. The summed E-state index contributed by atoms with van der Waals surface area (Å²) in [7, 11) is -3.83. The van der Waals surface area contributed by atoms with Gasteiger partial charge in [-0.15, -0.1) is 0 Å². The van der Waals surface area contributed by atoms with Crippen LogP contribution in [0, 0.1) is 11.3 Å². The third-order valence-electron chi connectivity index (χ3n) is 3.32. The summed E-state index contributed by atoms with van der Waals surface area (Å²) in [6, 6.07) is 12.8. The Kier molecular flexibility index (Phi) is 4.08. The molecule has 0 aromatic heterocycles. The van der Waals surface area contributed by atoms with Gasteiger partial charge in [0.15, 0.2) is 11.5 Å². The van der Waals surface area contributed by atoms with Gasteiger partial charge in [0, 0.05) is 12.5 Å². The molecule has 0 spiro atoms. The zero-order valence-electron chi connectivity index (χ0n) is 12.2. The number of sulfonamides is 1. The van der Waals surface area contributed by atoms with E-state index in [9.17, 15) is 8.42 Å². The van der Waals surface area contributed by atoms with Gasteiger partial charge in [-0.05, 0) is 24.3 Å². The van der Waals surface area contributed by atoms with Gasteiger partial charge in [0.1, 0.15) is 6.07 Å². The van der Waals surface area contributed by atoms with Crippen LogP contribution in [-0.4, -0.2) is 21.6 Å². The van der Waals surface area contributed by atoms with Crippen LogP contribution in [-0.2, 0) is 10.0 Å². The SMILES string of the molecule is N#Cc1ccccc1NS(=O)(=O)c1ccc2c(c1)OCCCO2. The van der Waals surface area contributed by atoms with Crippen LogP contribution < -0.4 is 14.2 Å².